The van der Waals surface area contributed by atoms with Crippen molar-refractivity contribution in [1.29, 1.82) is 0 Å². The summed E-state index contributed by atoms with van der Waals surface area (Å²) in [7, 11) is 0. The molecule has 0 radical (unpaired) electrons. The monoisotopic (exact) mass is 401 g/mol. The van der Waals surface area contributed by atoms with Gasteiger partial charge in [-0.05, 0) is 32.8 Å². The fraction of sp³-hybridized carbons (Fsp3) is 0.632. The lowest BCUT2D eigenvalue weighted by Gasteiger charge is -2.24. The third-order valence-electron chi connectivity index (χ3n) is 5.71. The van der Waals surface area contributed by atoms with Crippen molar-refractivity contribution in [2.75, 3.05) is 26.3 Å². The number of aryl methyl sites for hydroxylation is 2. The van der Waals surface area contributed by atoms with Gasteiger partial charge in [0.25, 0.3) is 5.91 Å². The van der Waals surface area contributed by atoms with E-state index in [9.17, 15) is 9.59 Å². The zero-order valence-electron chi connectivity index (χ0n) is 16.8. The molecule has 4 heterocycles. The zero-order valence-corrected chi connectivity index (χ0v) is 16.8. The van der Waals surface area contributed by atoms with Crippen LogP contribution >= 0.6 is 0 Å². The molecule has 2 atom stereocenters. The van der Waals surface area contributed by atoms with Gasteiger partial charge in [0.1, 0.15) is 11.5 Å². The van der Waals surface area contributed by atoms with E-state index in [2.05, 4.69) is 25.6 Å². The van der Waals surface area contributed by atoms with Gasteiger partial charge in [-0.2, -0.15) is 10.2 Å². The number of carbonyl (C=O) groups excluding carboxylic acids is 2. The lowest BCUT2D eigenvalue weighted by Crippen LogP contribution is -2.44. The van der Waals surface area contributed by atoms with E-state index in [4.69, 9.17) is 4.74 Å². The first kappa shape index (κ1) is 19.6. The molecule has 0 spiro atoms. The predicted octanol–water partition coefficient (Wildman–Crippen LogP) is 0.481. The predicted molar refractivity (Wildman–Crippen MR) is 103 cm³/mol. The Balaban J connectivity index is 1.53. The highest BCUT2D eigenvalue weighted by atomic mass is 16.5. The quantitative estimate of drug-likeness (QED) is 0.752. The first-order chi connectivity index (χ1) is 14.1. The van der Waals surface area contributed by atoms with Crippen LogP contribution in [0.25, 0.3) is 0 Å². The molecule has 0 saturated carbocycles. The average molecular weight is 401 g/mol. The van der Waals surface area contributed by atoms with Crippen LogP contribution < -0.4 is 5.32 Å². The Labute approximate surface area is 169 Å². The molecule has 2 aliphatic heterocycles. The number of carbonyl (C=O) groups is 2. The van der Waals surface area contributed by atoms with Crippen LogP contribution in [-0.4, -0.2) is 74.0 Å². The first-order valence-electron chi connectivity index (χ1n) is 10.1. The highest BCUT2D eigenvalue weighted by Gasteiger charge is 2.41. The fourth-order valence-corrected chi connectivity index (χ4v) is 4.09. The topological polar surface area (TPSA) is 118 Å². The molecule has 29 heavy (non-hydrogen) atoms. The molecule has 10 heteroatoms. The van der Waals surface area contributed by atoms with Crippen molar-refractivity contribution >= 4 is 11.8 Å². The van der Waals surface area contributed by atoms with Gasteiger partial charge in [0.05, 0.1) is 12.0 Å². The van der Waals surface area contributed by atoms with Crippen LogP contribution in [0.3, 0.4) is 0 Å². The second-order valence-electron chi connectivity index (χ2n) is 7.63. The number of H-pyrrole nitrogens is 1. The molecule has 0 unspecified atom stereocenters. The minimum atomic E-state index is -0.234. The molecule has 2 aromatic heterocycles. The van der Waals surface area contributed by atoms with E-state index in [1.807, 2.05) is 13.8 Å². The summed E-state index contributed by atoms with van der Waals surface area (Å²) in [4.78, 5) is 32.1. The molecule has 2 fully saturated rings. The Morgan fingerprint density at radius 1 is 1.31 bits per heavy atom. The van der Waals surface area contributed by atoms with E-state index < -0.39 is 0 Å². The smallest absolute Gasteiger partial charge is 0.272 e. The van der Waals surface area contributed by atoms with Gasteiger partial charge in [0.15, 0.2) is 5.82 Å². The molecule has 2 aliphatic rings. The SMILES string of the molecule is CCn1nccc1C(=O)N1C[C@@H](NC(=O)C2CCOCC2)[C@H](c2n[nH]c(C)n2)C1. The lowest BCUT2D eigenvalue weighted by molar-refractivity contribution is -0.128. The summed E-state index contributed by atoms with van der Waals surface area (Å²) in [5, 5.41) is 14.5. The van der Waals surface area contributed by atoms with E-state index in [0.29, 0.717) is 50.2 Å². The van der Waals surface area contributed by atoms with E-state index in [0.717, 1.165) is 12.8 Å². The van der Waals surface area contributed by atoms with Gasteiger partial charge in [-0.15, -0.1) is 0 Å². The number of rotatable bonds is 5. The fourth-order valence-electron chi connectivity index (χ4n) is 4.09. The third kappa shape index (κ3) is 4.02. The number of ether oxygens (including phenoxy) is 1. The molecular weight excluding hydrogens is 374 g/mol. The Morgan fingerprint density at radius 3 is 2.79 bits per heavy atom. The van der Waals surface area contributed by atoms with Crippen LogP contribution in [0, 0.1) is 12.8 Å². The number of amides is 2. The van der Waals surface area contributed by atoms with Crippen LogP contribution in [0.1, 0.15) is 47.8 Å². The summed E-state index contributed by atoms with van der Waals surface area (Å²) < 4.78 is 7.04. The molecule has 2 aromatic rings. The van der Waals surface area contributed by atoms with Gasteiger partial charge in [-0.25, -0.2) is 4.98 Å². The molecule has 156 valence electrons. The van der Waals surface area contributed by atoms with Crippen molar-refractivity contribution in [2.24, 2.45) is 5.92 Å². The summed E-state index contributed by atoms with van der Waals surface area (Å²) >= 11 is 0. The Morgan fingerprint density at radius 2 is 2.10 bits per heavy atom. The van der Waals surface area contributed by atoms with E-state index in [1.54, 1.807) is 21.8 Å². The second kappa shape index (κ2) is 8.32. The maximum atomic E-state index is 13.1. The maximum Gasteiger partial charge on any atom is 0.272 e. The van der Waals surface area contributed by atoms with Gasteiger partial charge >= 0.3 is 0 Å². The molecule has 0 bridgehead atoms. The van der Waals surface area contributed by atoms with Crippen LogP contribution in [-0.2, 0) is 16.1 Å². The number of aromatic amines is 1. The standard InChI is InChI=1S/C19H27N7O3/c1-3-26-16(4-7-20-26)19(28)25-10-14(17-21-12(2)23-24-17)15(11-25)22-18(27)13-5-8-29-9-6-13/h4,7,13-15H,3,5-6,8-11H2,1-2H3,(H,22,27)(H,21,23,24)/t14-,15-/m1/s1. The number of aromatic nitrogens is 5. The normalized spacial score (nSPS) is 22.8. The number of nitrogens with zero attached hydrogens (tertiary/aromatic N) is 5. The highest BCUT2D eigenvalue weighted by molar-refractivity contribution is 5.93. The highest BCUT2D eigenvalue weighted by Crippen LogP contribution is 2.27. The minimum absolute atomic E-state index is 0.0171. The van der Waals surface area contributed by atoms with Gasteiger partial charge in [-0.3, -0.25) is 19.4 Å². The van der Waals surface area contributed by atoms with Gasteiger partial charge in [-0.1, -0.05) is 0 Å². The number of likely N-dealkylation sites (tertiary alicyclic amines) is 1. The number of hydrogen-bond donors (Lipinski definition) is 2. The average Bonchev–Trinajstić information content (AvgIpc) is 3.47. The van der Waals surface area contributed by atoms with Gasteiger partial charge < -0.3 is 15.0 Å². The summed E-state index contributed by atoms with van der Waals surface area (Å²) in [6.45, 7) is 6.49. The van der Waals surface area contributed by atoms with Crippen molar-refractivity contribution in [3.63, 3.8) is 0 Å². The Kier molecular flexibility index (Phi) is 5.61. The zero-order chi connectivity index (χ0) is 20.4. The van der Waals surface area contributed by atoms with E-state index in [1.165, 1.54) is 0 Å². The van der Waals surface area contributed by atoms with E-state index in [-0.39, 0.29) is 29.7 Å². The molecular formula is C19H27N7O3. The largest absolute Gasteiger partial charge is 0.381 e. The van der Waals surface area contributed by atoms with E-state index >= 15 is 0 Å². The summed E-state index contributed by atoms with van der Waals surface area (Å²) in [6, 6.07) is 1.49. The number of nitrogens with one attached hydrogen (secondary N) is 2. The van der Waals surface area contributed by atoms with Crippen LogP contribution in [0.5, 0.6) is 0 Å². The van der Waals surface area contributed by atoms with Crippen LogP contribution in [0.15, 0.2) is 12.3 Å². The molecule has 0 aromatic carbocycles. The van der Waals surface area contributed by atoms with Crippen molar-refractivity contribution in [1.82, 2.24) is 35.2 Å². The van der Waals surface area contributed by atoms with Crippen molar-refractivity contribution in [3.05, 3.63) is 29.6 Å². The first-order valence-corrected chi connectivity index (χ1v) is 10.1. The van der Waals surface area contributed by atoms with Gasteiger partial charge in [0, 0.05) is 45.0 Å². The third-order valence-corrected chi connectivity index (χ3v) is 5.71. The second-order valence-corrected chi connectivity index (χ2v) is 7.63. The minimum Gasteiger partial charge on any atom is -0.381 e. The van der Waals surface area contributed by atoms with Crippen LogP contribution in [0.4, 0.5) is 0 Å². The van der Waals surface area contributed by atoms with Gasteiger partial charge in [0.2, 0.25) is 5.91 Å². The van der Waals surface area contributed by atoms with Crippen molar-refractivity contribution in [2.45, 2.75) is 45.2 Å². The van der Waals surface area contributed by atoms with Crippen molar-refractivity contribution < 1.29 is 14.3 Å². The van der Waals surface area contributed by atoms with Crippen molar-refractivity contribution in [3.8, 4) is 0 Å². The van der Waals surface area contributed by atoms with Crippen LogP contribution in [0.2, 0.25) is 0 Å². The number of hydrogen-bond acceptors (Lipinski definition) is 6. The Bertz CT molecular complexity index is 871. The summed E-state index contributed by atoms with van der Waals surface area (Å²) in [5.41, 5.74) is 0.550. The molecule has 2 N–H and O–H groups in total. The Hall–Kier alpha value is -2.75. The summed E-state index contributed by atoms with van der Waals surface area (Å²) in [5.74, 6) is 1.05. The molecule has 10 nitrogen and oxygen atoms in total. The lowest BCUT2D eigenvalue weighted by atomic mass is 9.97. The molecule has 2 amide bonds. The molecule has 2 saturated heterocycles. The maximum absolute atomic E-state index is 13.1. The molecule has 0 aliphatic carbocycles. The summed E-state index contributed by atoms with van der Waals surface area (Å²) in [6.07, 6.45) is 3.08. The molecule has 4 rings (SSSR count).